The highest BCUT2D eigenvalue weighted by Gasteiger charge is 2.12. The van der Waals surface area contributed by atoms with E-state index in [2.05, 4.69) is 15.3 Å². The molecule has 0 radical (unpaired) electrons. The maximum atomic E-state index is 12.7. The Morgan fingerprint density at radius 3 is 2.30 bits per heavy atom. The summed E-state index contributed by atoms with van der Waals surface area (Å²) >= 11 is 1.32. The second-order valence-corrected chi connectivity index (χ2v) is 5.45. The van der Waals surface area contributed by atoms with Crippen molar-refractivity contribution in [1.29, 1.82) is 0 Å². The summed E-state index contributed by atoms with van der Waals surface area (Å²) < 4.78 is 1.28. The molecule has 0 aliphatic rings. The molecular formula is C17H14N4OS. The van der Waals surface area contributed by atoms with Gasteiger partial charge in [-0.1, -0.05) is 72.4 Å². The van der Waals surface area contributed by atoms with E-state index in [0.717, 1.165) is 11.1 Å². The third-order valence-corrected chi connectivity index (χ3v) is 3.78. The normalized spacial score (nSPS) is 11.0. The molecule has 1 heterocycles. The summed E-state index contributed by atoms with van der Waals surface area (Å²) in [5.41, 5.74) is 1.63. The van der Waals surface area contributed by atoms with Crippen molar-refractivity contribution in [3.05, 3.63) is 76.6 Å². The monoisotopic (exact) mass is 322 g/mol. The second-order valence-electron chi connectivity index (χ2n) is 4.67. The van der Waals surface area contributed by atoms with Gasteiger partial charge in [0.15, 0.2) is 5.69 Å². The lowest BCUT2D eigenvalue weighted by molar-refractivity contribution is 0.653. The molecule has 0 fully saturated rings. The molecule has 3 aromatic rings. The molecule has 0 saturated heterocycles. The molecule has 1 aromatic heterocycles. The van der Waals surface area contributed by atoms with Crippen molar-refractivity contribution in [1.82, 2.24) is 14.9 Å². The van der Waals surface area contributed by atoms with Gasteiger partial charge in [0.25, 0.3) is 0 Å². The minimum atomic E-state index is -0.289. The van der Waals surface area contributed by atoms with Crippen LogP contribution in [-0.2, 0) is 0 Å². The molecule has 5 nitrogen and oxygen atoms in total. The third kappa shape index (κ3) is 3.37. The molecule has 0 unspecified atom stereocenters. The van der Waals surface area contributed by atoms with E-state index in [4.69, 9.17) is 0 Å². The second kappa shape index (κ2) is 7.02. The van der Waals surface area contributed by atoms with Gasteiger partial charge < -0.3 is 0 Å². The van der Waals surface area contributed by atoms with Crippen LogP contribution in [0.4, 0.5) is 0 Å². The Hall–Kier alpha value is -2.73. The van der Waals surface area contributed by atoms with E-state index in [1.807, 2.05) is 66.9 Å². The number of nitrogens with zero attached hydrogens (tertiary/aromatic N) is 4. The summed E-state index contributed by atoms with van der Waals surface area (Å²) in [6, 6.07) is 18.9. The van der Waals surface area contributed by atoms with Crippen LogP contribution < -0.4 is 5.56 Å². The first kappa shape index (κ1) is 15.2. The van der Waals surface area contributed by atoms with E-state index in [1.54, 1.807) is 6.21 Å². The lowest BCUT2D eigenvalue weighted by atomic mass is 10.2. The highest BCUT2D eigenvalue weighted by molar-refractivity contribution is 7.98. The van der Waals surface area contributed by atoms with Crippen LogP contribution in [0.2, 0.25) is 0 Å². The van der Waals surface area contributed by atoms with Crippen molar-refractivity contribution in [3.8, 4) is 11.3 Å². The van der Waals surface area contributed by atoms with E-state index in [9.17, 15) is 4.79 Å². The fourth-order valence-corrected chi connectivity index (χ4v) is 2.46. The third-order valence-electron chi connectivity index (χ3n) is 3.16. The number of hydrogen-bond acceptors (Lipinski definition) is 5. The first-order valence-electron chi connectivity index (χ1n) is 6.98. The topological polar surface area (TPSA) is 60.1 Å². The largest absolute Gasteiger partial charge is 0.301 e. The fourth-order valence-electron chi connectivity index (χ4n) is 2.03. The molecule has 3 rings (SSSR count). The summed E-state index contributed by atoms with van der Waals surface area (Å²) in [7, 11) is 0. The Kier molecular flexibility index (Phi) is 4.63. The molecule has 0 aliphatic heterocycles. The van der Waals surface area contributed by atoms with Gasteiger partial charge in [-0.3, -0.25) is 4.79 Å². The summed E-state index contributed by atoms with van der Waals surface area (Å²) in [5, 5.41) is 12.9. The van der Waals surface area contributed by atoms with E-state index in [0.29, 0.717) is 5.16 Å². The van der Waals surface area contributed by atoms with Crippen LogP contribution in [0, 0.1) is 0 Å². The minimum Gasteiger partial charge on any atom is -0.265 e. The smallest absolute Gasteiger partial charge is 0.265 e. The zero-order chi connectivity index (χ0) is 16.1. The average molecular weight is 322 g/mol. The maximum absolute atomic E-state index is 12.7. The van der Waals surface area contributed by atoms with Crippen LogP contribution in [0.1, 0.15) is 5.56 Å². The van der Waals surface area contributed by atoms with Gasteiger partial charge in [-0.15, -0.1) is 10.2 Å². The molecule has 6 heteroatoms. The quantitative estimate of drug-likeness (QED) is 0.547. The Bertz CT molecular complexity index is 876. The van der Waals surface area contributed by atoms with Crippen LogP contribution >= 0.6 is 11.8 Å². The summed E-state index contributed by atoms with van der Waals surface area (Å²) in [6.45, 7) is 0. The van der Waals surface area contributed by atoms with E-state index < -0.39 is 0 Å². The first-order chi connectivity index (χ1) is 11.3. The molecule has 0 saturated carbocycles. The van der Waals surface area contributed by atoms with Crippen LogP contribution in [-0.4, -0.2) is 27.3 Å². The Labute approximate surface area is 137 Å². The number of thioether (sulfide) groups is 1. The van der Waals surface area contributed by atoms with Gasteiger partial charge in [0.2, 0.25) is 5.16 Å². The fraction of sp³-hybridized carbons (Fsp3) is 0.0588. The van der Waals surface area contributed by atoms with Crippen LogP contribution in [0.15, 0.2) is 75.7 Å². The molecular weight excluding hydrogens is 308 g/mol. The van der Waals surface area contributed by atoms with Gasteiger partial charge >= 0.3 is 5.56 Å². The molecule has 23 heavy (non-hydrogen) atoms. The lowest BCUT2D eigenvalue weighted by Gasteiger charge is -2.06. The molecule has 0 amide bonds. The van der Waals surface area contributed by atoms with E-state index in [1.165, 1.54) is 16.4 Å². The number of hydrogen-bond donors (Lipinski definition) is 0. The highest BCUT2D eigenvalue weighted by Crippen LogP contribution is 2.14. The maximum Gasteiger partial charge on any atom is 0.301 e. The number of benzene rings is 2. The van der Waals surface area contributed by atoms with Crippen molar-refractivity contribution in [3.63, 3.8) is 0 Å². The van der Waals surface area contributed by atoms with Gasteiger partial charge in [-0.05, 0) is 11.8 Å². The van der Waals surface area contributed by atoms with Crippen molar-refractivity contribution in [2.24, 2.45) is 5.10 Å². The average Bonchev–Trinajstić information content (AvgIpc) is 2.62. The summed E-state index contributed by atoms with van der Waals surface area (Å²) in [6.07, 6.45) is 3.47. The molecule has 2 aromatic carbocycles. The molecule has 0 spiro atoms. The molecule has 114 valence electrons. The van der Waals surface area contributed by atoms with Crippen LogP contribution in [0.3, 0.4) is 0 Å². The van der Waals surface area contributed by atoms with Gasteiger partial charge in [0.1, 0.15) is 0 Å². The predicted molar refractivity (Wildman–Crippen MR) is 92.9 cm³/mol. The molecule has 0 aliphatic carbocycles. The zero-order valence-electron chi connectivity index (χ0n) is 12.5. The predicted octanol–water partition coefficient (Wildman–Crippen LogP) is 2.91. The molecule has 0 N–H and O–H groups in total. The van der Waals surface area contributed by atoms with E-state index in [-0.39, 0.29) is 11.3 Å². The van der Waals surface area contributed by atoms with E-state index >= 15 is 0 Å². The van der Waals surface area contributed by atoms with Gasteiger partial charge in [0.05, 0.1) is 6.21 Å². The molecule has 0 atom stereocenters. The zero-order valence-corrected chi connectivity index (χ0v) is 13.3. The van der Waals surface area contributed by atoms with Crippen LogP contribution in [0.5, 0.6) is 0 Å². The van der Waals surface area contributed by atoms with Crippen molar-refractivity contribution in [2.45, 2.75) is 5.16 Å². The van der Waals surface area contributed by atoms with Crippen molar-refractivity contribution < 1.29 is 0 Å². The Balaban J connectivity index is 2.08. The Morgan fingerprint density at radius 1 is 1.00 bits per heavy atom. The van der Waals surface area contributed by atoms with Crippen LogP contribution in [0.25, 0.3) is 11.3 Å². The summed E-state index contributed by atoms with van der Waals surface area (Å²) in [4.78, 5) is 12.7. The first-order valence-corrected chi connectivity index (χ1v) is 8.20. The van der Waals surface area contributed by atoms with Gasteiger partial charge in [-0.25, -0.2) is 0 Å². The number of rotatable bonds is 4. The van der Waals surface area contributed by atoms with Gasteiger partial charge in [0, 0.05) is 5.56 Å². The SMILES string of the molecule is CSc1nnc(-c2ccccc2)c(=O)n1/N=C/c1ccccc1. The lowest BCUT2D eigenvalue weighted by Crippen LogP contribution is -2.23. The van der Waals surface area contributed by atoms with Crippen molar-refractivity contribution in [2.75, 3.05) is 6.26 Å². The van der Waals surface area contributed by atoms with Crippen molar-refractivity contribution >= 4 is 18.0 Å². The molecule has 0 bridgehead atoms. The Morgan fingerprint density at radius 2 is 1.65 bits per heavy atom. The highest BCUT2D eigenvalue weighted by atomic mass is 32.2. The minimum absolute atomic E-state index is 0.286. The van der Waals surface area contributed by atoms with Gasteiger partial charge in [-0.2, -0.15) is 9.78 Å². The summed E-state index contributed by atoms with van der Waals surface area (Å²) in [5.74, 6) is 0. The standard InChI is InChI=1S/C17H14N4OS/c1-23-17-20-19-15(14-10-6-3-7-11-14)16(22)21(17)18-12-13-8-4-2-5-9-13/h2-12H,1H3/b18-12+. The number of aromatic nitrogens is 3.